The molecule has 2 aromatic carbocycles. The van der Waals surface area contributed by atoms with Crippen LogP contribution in [0.4, 0.5) is 0 Å². The minimum atomic E-state index is -0.424. The van der Waals surface area contributed by atoms with Gasteiger partial charge in [-0.1, -0.05) is 48.5 Å². The number of rotatable bonds is 2. The smallest absolute Gasteiger partial charge is 0.276 e. The summed E-state index contributed by atoms with van der Waals surface area (Å²) < 4.78 is 5.90. The van der Waals surface area contributed by atoms with Gasteiger partial charge in [-0.15, -0.1) is 0 Å². The van der Waals surface area contributed by atoms with Crippen molar-refractivity contribution in [3.05, 3.63) is 59.7 Å². The number of benzene rings is 2. The monoisotopic (exact) mass is 307 g/mol. The lowest BCUT2D eigenvalue weighted by atomic mass is 10.00. The van der Waals surface area contributed by atoms with Crippen molar-refractivity contribution in [1.29, 1.82) is 0 Å². The first-order valence-corrected chi connectivity index (χ1v) is 7.31. The molecule has 5 nitrogen and oxygen atoms in total. The molecule has 5 heteroatoms. The molecule has 0 radical (unpaired) electrons. The second-order valence-electron chi connectivity index (χ2n) is 5.20. The molecule has 23 heavy (non-hydrogen) atoms. The first-order valence-electron chi connectivity index (χ1n) is 7.31. The quantitative estimate of drug-likeness (QED) is 0.658. The van der Waals surface area contributed by atoms with E-state index in [4.69, 9.17) is 16.2 Å². The average Bonchev–Trinajstić information content (AvgIpc) is 2.77. The van der Waals surface area contributed by atoms with E-state index >= 15 is 0 Å². The number of guanidine groups is 1. The molecule has 1 heterocycles. The Labute approximate surface area is 134 Å². The number of hydrogen-bond donors (Lipinski definition) is 2. The van der Waals surface area contributed by atoms with Gasteiger partial charge in [0.2, 0.25) is 0 Å². The Morgan fingerprint density at radius 2 is 1.83 bits per heavy atom. The van der Waals surface area contributed by atoms with E-state index in [-0.39, 0.29) is 5.96 Å². The minimum absolute atomic E-state index is 0.237. The zero-order chi connectivity index (χ0) is 16.2. The van der Waals surface area contributed by atoms with E-state index in [0.717, 1.165) is 22.4 Å². The second-order valence-corrected chi connectivity index (χ2v) is 5.20. The summed E-state index contributed by atoms with van der Waals surface area (Å²) in [6.45, 7) is 0.397. The molecule has 1 aliphatic rings. The summed E-state index contributed by atoms with van der Waals surface area (Å²) >= 11 is 0. The molecule has 0 aliphatic carbocycles. The van der Waals surface area contributed by atoms with Crippen LogP contribution in [0.1, 0.15) is 12.0 Å². The predicted molar refractivity (Wildman–Crippen MR) is 90.8 cm³/mol. The van der Waals surface area contributed by atoms with Crippen LogP contribution < -0.4 is 16.2 Å². The van der Waals surface area contributed by atoms with Crippen LogP contribution in [-0.4, -0.2) is 18.5 Å². The Hall–Kier alpha value is -3.08. The maximum absolute atomic E-state index is 12.1. The van der Waals surface area contributed by atoms with Gasteiger partial charge in [0.25, 0.3) is 5.91 Å². The summed E-state index contributed by atoms with van der Waals surface area (Å²) in [6, 6.07) is 15.8. The lowest BCUT2D eigenvalue weighted by molar-refractivity contribution is -0.114. The third kappa shape index (κ3) is 3.23. The standard InChI is InChI=1S/C18H17N3O2/c19-18(20)21-17(22)14-9-10-23-16-13(11-14)7-4-8-15(16)12-5-2-1-3-6-12/h1-8,11H,9-10H2,(H4,19,20,21,22). The van der Waals surface area contributed by atoms with Crippen molar-refractivity contribution >= 4 is 17.9 Å². The molecule has 0 saturated heterocycles. The number of fused-ring (bicyclic) bond motifs is 1. The number of aliphatic imine (C=N–C) groups is 1. The van der Waals surface area contributed by atoms with E-state index in [1.165, 1.54) is 0 Å². The summed E-state index contributed by atoms with van der Waals surface area (Å²) in [5.74, 6) is 0.108. The highest BCUT2D eigenvalue weighted by Crippen LogP contribution is 2.36. The fraction of sp³-hybridized carbons (Fsp3) is 0.111. The van der Waals surface area contributed by atoms with Gasteiger partial charge in [0.05, 0.1) is 6.61 Å². The van der Waals surface area contributed by atoms with Crippen molar-refractivity contribution in [3.8, 4) is 16.9 Å². The average molecular weight is 307 g/mol. The van der Waals surface area contributed by atoms with E-state index in [1.54, 1.807) is 6.08 Å². The molecule has 2 aromatic rings. The van der Waals surface area contributed by atoms with E-state index in [2.05, 4.69) is 4.99 Å². The number of nitrogens with zero attached hydrogens (tertiary/aromatic N) is 1. The normalized spacial score (nSPS) is 13.1. The van der Waals surface area contributed by atoms with Crippen LogP contribution >= 0.6 is 0 Å². The van der Waals surface area contributed by atoms with Gasteiger partial charge in [-0.2, -0.15) is 4.99 Å². The van der Waals surface area contributed by atoms with Crippen LogP contribution in [0.15, 0.2) is 59.1 Å². The lowest BCUT2D eigenvalue weighted by Gasteiger charge is -2.12. The van der Waals surface area contributed by atoms with Crippen LogP contribution in [0.5, 0.6) is 5.75 Å². The molecule has 0 spiro atoms. The number of carbonyl (C=O) groups excluding carboxylic acids is 1. The Bertz CT molecular complexity index is 791. The third-order valence-corrected chi connectivity index (χ3v) is 3.58. The van der Waals surface area contributed by atoms with Crippen LogP contribution in [0.3, 0.4) is 0 Å². The fourth-order valence-corrected chi connectivity index (χ4v) is 2.56. The van der Waals surface area contributed by atoms with E-state index in [1.807, 2.05) is 48.5 Å². The van der Waals surface area contributed by atoms with Crippen LogP contribution in [0.25, 0.3) is 17.2 Å². The minimum Gasteiger partial charge on any atom is -0.492 e. The van der Waals surface area contributed by atoms with E-state index in [0.29, 0.717) is 18.6 Å². The van der Waals surface area contributed by atoms with Gasteiger partial charge in [0.15, 0.2) is 5.96 Å². The Morgan fingerprint density at radius 1 is 1.04 bits per heavy atom. The Morgan fingerprint density at radius 3 is 2.57 bits per heavy atom. The van der Waals surface area contributed by atoms with E-state index in [9.17, 15) is 4.79 Å². The highest BCUT2D eigenvalue weighted by molar-refractivity contribution is 6.04. The largest absolute Gasteiger partial charge is 0.492 e. The molecule has 1 amide bonds. The van der Waals surface area contributed by atoms with E-state index < -0.39 is 5.91 Å². The maximum Gasteiger partial charge on any atom is 0.276 e. The van der Waals surface area contributed by atoms with Crippen molar-refractivity contribution in [1.82, 2.24) is 0 Å². The van der Waals surface area contributed by atoms with Gasteiger partial charge < -0.3 is 16.2 Å². The van der Waals surface area contributed by atoms with Crippen molar-refractivity contribution < 1.29 is 9.53 Å². The predicted octanol–water partition coefficient (Wildman–Crippen LogP) is 2.32. The first-order chi connectivity index (χ1) is 11.1. The molecule has 3 rings (SSSR count). The lowest BCUT2D eigenvalue weighted by Crippen LogP contribution is -2.24. The number of carbonyl (C=O) groups is 1. The van der Waals surface area contributed by atoms with Gasteiger partial charge in [0.1, 0.15) is 5.75 Å². The second kappa shape index (κ2) is 6.36. The molecular weight excluding hydrogens is 290 g/mol. The van der Waals surface area contributed by atoms with Crippen LogP contribution in [-0.2, 0) is 4.79 Å². The molecule has 0 unspecified atom stereocenters. The van der Waals surface area contributed by atoms with Gasteiger partial charge in [-0.05, 0) is 11.6 Å². The number of para-hydroxylation sites is 1. The summed E-state index contributed by atoms with van der Waals surface area (Å²) in [5.41, 5.74) is 14.0. The third-order valence-electron chi connectivity index (χ3n) is 3.58. The summed E-state index contributed by atoms with van der Waals surface area (Å²) in [7, 11) is 0. The summed E-state index contributed by atoms with van der Waals surface area (Å²) in [5, 5.41) is 0. The SMILES string of the molecule is NC(N)=NC(=O)C1=Cc2cccc(-c3ccccc3)c2OCC1. The summed E-state index contributed by atoms with van der Waals surface area (Å²) in [6.07, 6.45) is 2.25. The van der Waals surface area contributed by atoms with Gasteiger partial charge in [-0.3, -0.25) is 4.79 Å². The molecular formula is C18H17N3O2. The van der Waals surface area contributed by atoms with Crippen molar-refractivity contribution in [2.75, 3.05) is 6.61 Å². The number of ether oxygens (including phenoxy) is 1. The van der Waals surface area contributed by atoms with Crippen molar-refractivity contribution in [2.24, 2.45) is 16.5 Å². The van der Waals surface area contributed by atoms with Crippen LogP contribution in [0.2, 0.25) is 0 Å². The Kier molecular flexibility index (Phi) is 4.10. The van der Waals surface area contributed by atoms with Gasteiger partial charge >= 0.3 is 0 Å². The topological polar surface area (TPSA) is 90.7 Å². The molecule has 1 aliphatic heterocycles. The van der Waals surface area contributed by atoms with Gasteiger partial charge in [-0.25, -0.2) is 0 Å². The first kappa shape index (κ1) is 14.8. The molecule has 0 fully saturated rings. The highest BCUT2D eigenvalue weighted by Gasteiger charge is 2.18. The number of nitrogens with two attached hydrogens (primary N) is 2. The molecule has 0 atom stereocenters. The molecule has 116 valence electrons. The van der Waals surface area contributed by atoms with Crippen LogP contribution in [0, 0.1) is 0 Å². The summed E-state index contributed by atoms with van der Waals surface area (Å²) in [4.78, 5) is 15.7. The van der Waals surface area contributed by atoms with Gasteiger partial charge in [0, 0.05) is 23.1 Å². The molecule has 4 N–H and O–H groups in total. The number of hydrogen-bond acceptors (Lipinski definition) is 2. The molecule has 0 aromatic heterocycles. The zero-order valence-electron chi connectivity index (χ0n) is 12.5. The molecule has 0 saturated carbocycles. The van der Waals surface area contributed by atoms with Crippen molar-refractivity contribution in [3.63, 3.8) is 0 Å². The maximum atomic E-state index is 12.1. The molecule has 0 bridgehead atoms. The zero-order valence-corrected chi connectivity index (χ0v) is 12.5. The fourth-order valence-electron chi connectivity index (χ4n) is 2.56. The number of amides is 1. The van der Waals surface area contributed by atoms with Crippen molar-refractivity contribution in [2.45, 2.75) is 6.42 Å². The highest BCUT2D eigenvalue weighted by atomic mass is 16.5. The Balaban J connectivity index is 2.06.